The molecule has 1 heterocycles. The molecule has 0 saturated heterocycles. The van der Waals surface area contributed by atoms with Crippen LogP contribution in [0.4, 0.5) is 0 Å². The van der Waals surface area contributed by atoms with Crippen LogP contribution in [0.15, 0.2) is 45.9 Å². The molecule has 1 aromatic carbocycles. The molecule has 1 amide bonds. The van der Waals surface area contributed by atoms with Crippen LogP contribution in [0.3, 0.4) is 0 Å². The third kappa shape index (κ3) is 3.66. The number of ether oxygens (including phenoxy) is 1. The number of nitrogens with one attached hydrogen (secondary N) is 2. The Morgan fingerprint density at radius 3 is 2.45 bits per heavy atom. The molecule has 1 aromatic heterocycles. The molecule has 0 aliphatic rings. The van der Waals surface area contributed by atoms with Gasteiger partial charge in [0.2, 0.25) is 5.09 Å². The lowest BCUT2D eigenvalue weighted by atomic mass is 10.2. The van der Waals surface area contributed by atoms with E-state index in [1.165, 1.54) is 19.2 Å². The Bertz CT molecular complexity index is 750. The van der Waals surface area contributed by atoms with E-state index in [0.29, 0.717) is 0 Å². The fraction of sp³-hybridized carbons (Fsp3) is 0.214. The molecule has 2 N–H and O–H groups in total. The van der Waals surface area contributed by atoms with Gasteiger partial charge in [0.05, 0.1) is 7.11 Å². The summed E-state index contributed by atoms with van der Waals surface area (Å²) in [4.78, 5) is 11.9. The molecule has 0 aliphatic heterocycles. The van der Waals surface area contributed by atoms with Gasteiger partial charge < -0.3 is 14.5 Å². The van der Waals surface area contributed by atoms with Crippen molar-refractivity contribution in [3.05, 3.63) is 47.7 Å². The maximum absolute atomic E-state index is 11.9. The zero-order valence-corrected chi connectivity index (χ0v) is 12.9. The van der Waals surface area contributed by atoms with E-state index in [4.69, 9.17) is 9.15 Å². The highest BCUT2D eigenvalue weighted by Gasteiger charge is 2.19. The quantitative estimate of drug-likeness (QED) is 0.830. The first kappa shape index (κ1) is 16.1. The van der Waals surface area contributed by atoms with E-state index in [0.717, 1.165) is 11.3 Å². The summed E-state index contributed by atoms with van der Waals surface area (Å²) < 4.78 is 35.3. The van der Waals surface area contributed by atoms with Crippen molar-refractivity contribution in [2.75, 3.05) is 14.2 Å². The zero-order chi connectivity index (χ0) is 16.2. The molecule has 0 aliphatic carbocycles. The number of furan rings is 1. The van der Waals surface area contributed by atoms with Gasteiger partial charge in [-0.1, -0.05) is 12.1 Å². The lowest BCUT2D eigenvalue weighted by Crippen LogP contribution is -2.22. The van der Waals surface area contributed by atoms with E-state index in [2.05, 4.69) is 10.0 Å². The van der Waals surface area contributed by atoms with Crippen LogP contribution in [0, 0.1) is 0 Å². The second-order valence-electron chi connectivity index (χ2n) is 4.36. The van der Waals surface area contributed by atoms with Gasteiger partial charge in [-0.2, -0.15) is 0 Å². The highest BCUT2D eigenvalue weighted by molar-refractivity contribution is 7.89. The first-order valence-electron chi connectivity index (χ1n) is 6.41. The molecule has 8 heteroatoms. The van der Waals surface area contributed by atoms with Crippen LogP contribution in [0.1, 0.15) is 16.1 Å². The van der Waals surface area contributed by atoms with E-state index in [9.17, 15) is 13.2 Å². The third-order valence-electron chi connectivity index (χ3n) is 2.95. The number of hydrogen-bond donors (Lipinski definition) is 2. The minimum atomic E-state index is -3.70. The average molecular weight is 324 g/mol. The molecule has 0 unspecified atom stereocenters. The first-order chi connectivity index (χ1) is 10.5. The van der Waals surface area contributed by atoms with Gasteiger partial charge in [0.1, 0.15) is 5.75 Å². The molecule has 0 bridgehead atoms. The fourth-order valence-electron chi connectivity index (χ4n) is 1.70. The van der Waals surface area contributed by atoms with Gasteiger partial charge in [0.15, 0.2) is 5.76 Å². The Morgan fingerprint density at radius 1 is 1.18 bits per heavy atom. The lowest BCUT2D eigenvalue weighted by molar-refractivity contribution is 0.0918. The number of methoxy groups -OCH3 is 1. The third-order valence-corrected chi connectivity index (χ3v) is 4.24. The van der Waals surface area contributed by atoms with Gasteiger partial charge in [-0.25, -0.2) is 13.1 Å². The Labute approximate surface area is 128 Å². The summed E-state index contributed by atoms with van der Waals surface area (Å²) >= 11 is 0. The molecule has 0 atom stereocenters. The largest absolute Gasteiger partial charge is 0.497 e. The van der Waals surface area contributed by atoms with Gasteiger partial charge in [-0.15, -0.1) is 0 Å². The minimum Gasteiger partial charge on any atom is -0.497 e. The number of rotatable bonds is 6. The molecule has 118 valence electrons. The van der Waals surface area contributed by atoms with Crippen molar-refractivity contribution in [2.24, 2.45) is 0 Å². The van der Waals surface area contributed by atoms with Crippen molar-refractivity contribution in [1.29, 1.82) is 0 Å². The summed E-state index contributed by atoms with van der Waals surface area (Å²) in [6, 6.07) is 9.75. The Hall–Kier alpha value is -2.32. The zero-order valence-electron chi connectivity index (χ0n) is 12.1. The number of sulfonamides is 1. The smallest absolute Gasteiger partial charge is 0.287 e. The second kappa shape index (κ2) is 6.63. The summed E-state index contributed by atoms with van der Waals surface area (Å²) in [5.41, 5.74) is 0.878. The van der Waals surface area contributed by atoms with Gasteiger partial charge in [0.25, 0.3) is 15.9 Å². The van der Waals surface area contributed by atoms with Crippen LogP contribution in [0.5, 0.6) is 5.75 Å². The Morgan fingerprint density at radius 2 is 1.86 bits per heavy atom. The standard InChI is InChI=1S/C14H16N2O5S/c1-15-22(18,19)13-8-7-12(21-13)14(17)16-9-10-3-5-11(20-2)6-4-10/h3-8,15H,9H2,1-2H3,(H,16,17). The van der Waals surface area contributed by atoms with Crippen LogP contribution in [-0.4, -0.2) is 28.5 Å². The van der Waals surface area contributed by atoms with E-state index >= 15 is 0 Å². The van der Waals surface area contributed by atoms with Crippen molar-refractivity contribution in [3.63, 3.8) is 0 Å². The second-order valence-corrected chi connectivity index (χ2v) is 6.17. The fourth-order valence-corrected chi connectivity index (χ4v) is 2.35. The van der Waals surface area contributed by atoms with Gasteiger partial charge >= 0.3 is 0 Å². The van der Waals surface area contributed by atoms with E-state index in [1.807, 2.05) is 12.1 Å². The molecule has 22 heavy (non-hydrogen) atoms. The summed E-state index contributed by atoms with van der Waals surface area (Å²) in [7, 11) is -0.857. The first-order valence-corrected chi connectivity index (χ1v) is 7.89. The van der Waals surface area contributed by atoms with Crippen molar-refractivity contribution in [1.82, 2.24) is 10.0 Å². The maximum Gasteiger partial charge on any atom is 0.287 e. The van der Waals surface area contributed by atoms with Crippen LogP contribution in [0.25, 0.3) is 0 Å². The monoisotopic (exact) mass is 324 g/mol. The average Bonchev–Trinajstić information content (AvgIpc) is 3.04. The molecule has 0 radical (unpaired) electrons. The summed E-state index contributed by atoms with van der Waals surface area (Å²) in [6.07, 6.45) is 0. The van der Waals surface area contributed by atoms with Crippen molar-refractivity contribution < 1.29 is 22.4 Å². The summed E-state index contributed by atoms with van der Waals surface area (Å²) in [5.74, 6) is 0.165. The number of benzene rings is 1. The van der Waals surface area contributed by atoms with Crippen molar-refractivity contribution >= 4 is 15.9 Å². The molecule has 2 rings (SSSR count). The van der Waals surface area contributed by atoms with Gasteiger partial charge in [-0.3, -0.25) is 4.79 Å². The molecule has 0 spiro atoms. The van der Waals surface area contributed by atoms with Crippen LogP contribution in [0.2, 0.25) is 0 Å². The molecule has 0 saturated carbocycles. The van der Waals surface area contributed by atoms with Crippen molar-refractivity contribution in [3.8, 4) is 5.75 Å². The van der Waals surface area contributed by atoms with E-state index in [-0.39, 0.29) is 17.4 Å². The molecular weight excluding hydrogens is 308 g/mol. The van der Waals surface area contributed by atoms with Crippen LogP contribution < -0.4 is 14.8 Å². The number of hydrogen-bond acceptors (Lipinski definition) is 5. The number of carbonyl (C=O) groups is 1. The summed E-state index contributed by atoms with van der Waals surface area (Å²) in [6.45, 7) is 0.289. The maximum atomic E-state index is 11.9. The normalized spacial score (nSPS) is 11.2. The predicted octanol–water partition coefficient (Wildman–Crippen LogP) is 1.13. The Kier molecular flexibility index (Phi) is 4.84. The van der Waals surface area contributed by atoms with E-state index in [1.54, 1.807) is 19.2 Å². The Balaban J connectivity index is 2.00. The number of amides is 1. The molecule has 2 aromatic rings. The highest BCUT2D eigenvalue weighted by atomic mass is 32.2. The van der Waals surface area contributed by atoms with Crippen LogP contribution in [-0.2, 0) is 16.6 Å². The van der Waals surface area contributed by atoms with Gasteiger partial charge in [0, 0.05) is 6.54 Å². The molecule has 0 fully saturated rings. The molecular formula is C14H16N2O5S. The topological polar surface area (TPSA) is 97.6 Å². The SMILES string of the molecule is CNS(=O)(=O)c1ccc(C(=O)NCc2ccc(OC)cc2)o1. The molecule has 7 nitrogen and oxygen atoms in total. The van der Waals surface area contributed by atoms with Gasteiger partial charge in [-0.05, 0) is 36.9 Å². The minimum absolute atomic E-state index is 0.0673. The van der Waals surface area contributed by atoms with E-state index < -0.39 is 15.9 Å². The summed E-state index contributed by atoms with van der Waals surface area (Å²) in [5, 5.41) is 2.35. The predicted molar refractivity (Wildman–Crippen MR) is 79.1 cm³/mol. The number of carbonyl (C=O) groups excluding carboxylic acids is 1. The lowest BCUT2D eigenvalue weighted by Gasteiger charge is -2.05. The van der Waals surface area contributed by atoms with Crippen LogP contribution >= 0.6 is 0 Å². The highest BCUT2D eigenvalue weighted by Crippen LogP contribution is 2.14. The van der Waals surface area contributed by atoms with Crippen molar-refractivity contribution in [2.45, 2.75) is 11.6 Å².